The van der Waals surface area contributed by atoms with Crippen molar-refractivity contribution in [3.8, 4) is 0 Å². The highest BCUT2D eigenvalue weighted by atomic mass is 16.5. The van der Waals surface area contributed by atoms with Gasteiger partial charge in [-0.25, -0.2) is 0 Å². The maximum absolute atomic E-state index is 12.2. The standard InChI is InChI=1S/C18H27N3O3/c22-16-5-8-21(9-6-16)13-15-4-2-1-3-14(15)11-20-18(23)17-12-19-7-10-24-17/h1-4,16-17,19,22H,5-13H2,(H,20,23)/t17-/m0/s1. The number of carbonyl (C=O) groups is 1. The first-order valence-corrected chi connectivity index (χ1v) is 8.79. The quantitative estimate of drug-likeness (QED) is 0.720. The topological polar surface area (TPSA) is 73.8 Å². The molecule has 0 aromatic heterocycles. The summed E-state index contributed by atoms with van der Waals surface area (Å²) < 4.78 is 5.48. The normalized spacial score (nSPS) is 23.1. The van der Waals surface area contributed by atoms with E-state index in [2.05, 4.69) is 27.7 Å². The Morgan fingerprint density at radius 2 is 2.04 bits per heavy atom. The molecule has 1 aromatic rings. The molecule has 6 nitrogen and oxygen atoms in total. The molecule has 0 saturated carbocycles. The van der Waals surface area contributed by atoms with E-state index >= 15 is 0 Å². The number of piperidine rings is 1. The Balaban J connectivity index is 1.54. The first kappa shape index (κ1) is 17.4. The van der Waals surface area contributed by atoms with Crippen LogP contribution in [0, 0.1) is 0 Å². The molecule has 2 aliphatic heterocycles. The Bertz CT molecular complexity index is 538. The third-order valence-corrected chi connectivity index (χ3v) is 4.74. The number of amides is 1. The Morgan fingerprint density at radius 1 is 1.29 bits per heavy atom. The molecule has 2 heterocycles. The van der Waals surface area contributed by atoms with Crippen LogP contribution < -0.4 is 10.6 Å². The van der Waals surface area contributed by atoms with Gasteiger partial charge in [0.05, 0.1) is 12.7 Å². The molecule has 2 fully saturated rings. The summed E-state index contributed by atoms with van der Waals surface area (Å²) >= 11 is 0. The zero-order valence-corrected chi connectivity index (χ0v) is 14.0. The number of carbonyl (C=O) groups excluding carboxylic acids is 1. The summed E-state index contributed by atoms with van der Waals surface area (Å²) in [6.45, 7) is 5.18. The molecule has 1 amide bonds. The average molecular weight is 333 g/mol. The second kappa shape index (κ2) is 8.58. The number of benzene rings is 1. The van der Waals surface area contributed by atoms with Crippen LogP contribution in [0.1, 0.15) is 24.0 Å². The number of rotatable bonds is 5. The minimum absolute atomic E-state index is 0.0573. The van der Waals surface area contributed by atoms with E-state index in [4.69, 9.17) is 4.74 Å². The van der Waals surface area contributed by atoms with Crippen molar-refractivity contribution in [1.82, 2.24) is 15.5 Å². The van der Waals surface area contributed by atoms with Crippen molar-refractivity contribution < 1.29 is 14.6 Å². The van der Waals surface area contributed by atoms with E-state index < -0.39 is 6.10 Å². The molecule has 1 atom stereocenters. The summed E-state index contributed by atoms with van der Waals surface area (Å²) in [6.07, 6.45) is 1.13. The van der Waals surface area contributed by atoms with Gasteiger partial charge in [0.15, 0.2) is 0 Å². The molecule has 0 unspecified atom stereocenters. The summed E-state index contributed by atoms with van der Waals surface area (Å²) in [5.41, 5.74) is 2.37. The summed E-state index contributed by atoms with van der Waals surface area (Å²) in [5.74, 6) is -0.0573. The minimum atomic E-state index is -0.394. The van der Waals surface area contributed by atoms with Crippen molar-refractivity contribution >= 4 is 5.91 Å². The second-order valence-electron chi connectivity index (χ2n) is 6.56. The fraction of sp³-hybridized carbons (Fsp3) is 0.611. The average Bonchev–Trinajstić information content (AvgIpc) is 2.63. The van der Waals surface area contributed by atoms with Gasteiger partial charge in [-0.3, -0.25) is 9.69 Å². The van der Waals surface area contributed by atoms with Gasteiger partial charge in [-0.2, -0.15) is 0 Å². The number of likely N-dealkylation sites (tertiary alicyclic amines) is 1. The molecule has 3 rings (SSSR count). The van der Waals surface area contributed by atoms with Crippen LogP contribution in [-0.2, 0) is 22.6 Å². The maximum Gasteiger partial charge on any atom is 0.250 e. The largest absolute Gasteiger partial charge is 0.393 e. The van der Waals surface area contributed by atoms with Crippen molar-refractivity contribution in [2.75, 3.05) is 32.8 Å². The van der Waals surface area contributed by atoms with Crippen molar-refractivity contribution in [1.29, 1.82) is 0 Å². The number of nitrogens with zero attached hydrogens (tertiary/aromatic N) is 1. The predicted molar refractivity (Wildman–Crippen MR) is 91.4 cm³/mol. The first-order chi connectivity index (χ1) is 11.7. The highest BCUT2D eigenvalue weighted by Gasteiger charge is 2.22. The zero-order chi connectivity index (χ0) is 16.8. The van der Waals surface area contributed by atoms with Gasteiger partial charge in [-0.1, -0.05) is 24.3 Å². The number of morpholine rings is 1. The molecular formula is C18H27N3O3. The van der Waals surface area contributed by atoms with Crippen molar-refractivity contribution in [3.63, 3.8) is 0 Å². The first-order valence-electron chi connectivity index (χ1n) is 8.79. The Kier molecular flexibility index (Phi) is 6.20. The molecule has 6 heteroatoms. The predicted octanol–water partition coefficient (Wildman–Crippen LogP) is 0.248. The van der Waals surface area contributed by atoms with Crippen LogP contribution in [0.15, 0.2) is 24.3 Å². The van der Waals surface area contributed by atoms with Crippen LogP contribution in [0.5, 0.6) is 0 Å². The lowest BCUT2D eigenvalue weighted by Crippen LogP contribution is -2.47. The third-order valence-electron chi connectivity index (χ3n) is 4.74. The zero-order valence-electron chi connectivity index (χ0n) is 14.0. The third kappa shape index (κ3) is 4.77. The van der Waals surface area contributed by atoms with Gasteiger partial charge in [-0.15, -0.1) is 0 Å². The van der Waals surface area contributed by atoms with Crippen LogP contribution in [0.4, 0.5) is 0 Å². The molecule has 0 aliphatic carbocycles. The van der Waals surface area contributed by atoms with Gasteiger partial charge in [0.2, 0.25) is 0 Å². The molecule has 2 saturated heterocycles. The van der Waals surface area contributed by atoms with E-state index in [0.717, 1.165) is 44.6 Å². The second-order valence-corrected chi connectivity index (χ2v) is 6.56. The van der Waals surface area contributed by atoms with Gasteiger partial charge in [-0.05, 0) is 24.0 Å². The van der Waals surface area contributed by atoms with Crippen LogP contribution >= 0.6 is 0 Å². The molecule has 3 N–H and O–H groups in total. The van der Waals surface area contributed by atoms with Crippen LogP contribution in [0.2, 0.25) is 0 Å². The highest BCUT2D eigenvalue weighted by Crippen LogP contribution is 2.16. The minimum Gasteiger partial charge on any atom is -0.393 e. The lowest BCUT2D eigenvalue weighted by Gasteiger charge is -2.30. The molecule has 0 spiro atoms. The molecule has 24 heavy (non-hydrogen) atoms. The Hall–Kier alpha value is -1.47. The fourth-order valence-electron chi connectivity index (χ4n) is 3.23. The molecule has 132 valence electrons. The lowest BCUT2D eigenvalue weighted by atomic mass is 10.0. The van der Waals surface area contributed by atoms with E-state index in [1.807, 2.05) is 12.1 Å². The number of nitrogens with one attached hydrogen (secondary N) is 2. The number of aliphatic hydroxyl groups excluding tert-OH is 1. The van der Waals surface area contributed by atoms with Crippen molar-refractivity contribution in [2.45, 2.75) is 38.1 Å². The monoisotopic (exact) mass is 333 g/mol. The lowest BCUT2D eigenvalue weighted by molar-refractivity contribution is -0.134. The van der Waals surface area contributed by atoms with Gasteiger partial charge in [0, 0.05) is 39.3 Å². The number of hydrogen-bond donors (Lipinski definition) is 3. The summed E-state index contributed by atoms with van der Waals surface area (Å²) in [6, 6.07) is 8.22. The fourth-order valence-corrected chi connectivity index (χ4v) is 3.23. The van der Waals surface area contributed by atoms with E-state index in [0.29, 0.717) is 19.7 Å². The van der Waals surface area contributed by atoms with Gasteiger partial charge in [0.25, 0.3) is 5.91 Å². The Labute approximate surface area is 143 Å². The number of aliphatic hydroxyl groups is 1. The van der Waals surface area contributed by atoms with Gasteiger partial charge in [0.1, 0.15) is 6.10 Å². The summed E-state index contributed by atoms with van der Waals surface area (Å²) in [5, 5.41) is 15.8. The maximum atomic E-state index is 12.2. The van der Waals surface area contributed by atoms with Crippen LogP contribution in [0.3, 0.4) is 0 Å². The highest BCUT2D eigenvalue weighted by molar-refractivity contribution is 5.81. The van der Waals surface area contributed by atoms with E-state index in [1.54, 1.807) is 0 Å². The Morgan fingerprint density at radius 3 is 2.75 bits per heavy atom. The molecule has 2 aliphatic rings. The summed E-state index contributed by atoms with van der Waals surface area (Å²) in [7, 11) is 0. The number of hydrogen-bond acceptors (Lipinski definition) is 5. The van der Waals surface area contributed by atoms with Crippen LogP contribution in [0.25, 0.3) is 0 Å². The van der Waals surface area contributed by atoms with Crippen molar-refractivity contribution in [3.05, 3.63) is 35.4 Å². The van der Waals surface area contributed by atoms with E-state index in [9.17, 15) is 9.90 Å². The SMILES string of the molecule is O=C(NCc1ccccc1CN1CCC(O)CC1)[C@@H]1CNCCO1. The van der Waals surface area contributed by atoms with Crippen molar-refractivity contribution in [2.24, 2.45) is 0 Å². The van der Waals surface area contributed by atoms with E-state index in [-0.39, 0.29) is 12.0 Å². The number of ether oxygens (including phenoxy) is 1. The summed E-state index contributed by atoms with van der Waals surface area (Å²) in [4.78, 5) is 14.6. The van der Waals surface area contributed by atoms with Gasteiger partial charge < -0.3 is 20.5 Å². The molecule has 0 radical (unpaired) electrons. The van der Waals surface area contributed by atoms with E-state index in [1.165, 1.54) is 5.56 Å². The smallest absolute Gasteiger partial charge is 0.250 e. The molecule has 0 bridgehead atoms. The molecule has 1 aromatic carbocycles. The molecular weight excluding hydrogens is 306 g/mol. The van der Waals surface area contributed by atoms with Crippen LogP contribution in [-0.4, -0.2) is 60.9 Å². The van der Waals surface area contributed by atoms with Gasteiger partial charge >= 0.3 is 0 Å².